The summed E-state index contributed by atoms with van der Waals surface area (Å²) in [6.45, 7) is 0.375. The van der Waals surface area contributed by atoms with Gasteiger partial charge in [0.2, 0.25) is 10.0 Å². The Labute approximate surface area is 123 Å². The molecule has 0 atom stereocenters. The third-order valence-electron chi connectivity index (χ3n) is 2.59. The number of hydrogen-bond donors (Lipinski definition) is 2. The van der Waals surface area contributed by atoms with Crippen molar-refractivity contribution in [1.82, 2.24) is 14.7 Å². The van der Waals surface area contributed by atoms with Crippen molar-refractivity contribution >= 4 is 10.0 Å². The lowest BCUT2D eigenvalue weighted by Crippen LogP contribution is -2.23. The smallest absolute Gasteiger partial charge is 0.240 e. The van der Waals surface area contributed by atoms with E-state index in [1.807, 2.05) is 0 Å². The molecule has 0 aliphatic heterocycles. The molecule has 2 rings (SSSR count). The van der Waals surface area contributed by atoms with E-state index in [9.17, 15) is 8.42 Å². The largest absolute Gasteiger partial charge is 0.320 e. The Balaban J connectivity index is 2.09. The number of benzene rings is 1. The van der Waals surface area contributed by atoms with Crippen LogP contribution in [0.25, 0.3) is 0 Å². The molecule has 1 aromatic heterocycles. The maximum Gasteiger partial charge on any atom is 0.240 e. The molecule has 2 aromatic rings. The SMILES string of the molecule is NCC#Cc1ccc(S(=O)(=O)NCc2ccncn2)cc1. The first-order chi connectivity index (χ1) is 10.1. The topological polar surface area (TPSA) is 98.0 Å². The monoisotopic (exact) mass is 302 g/mol. The third kappa shape index (κ3) is 4.36. The molecule has 0 aliphatic rings. The summed E-state index contributed by atoms with van der Waals surface area (Å²) in [5, 5.41) is 0. The van der Waals surface area contributed by atoms with Crippen molar-refractivity contribution in [2.45, 2.75) is 11.4 Å². The fourth-order valence-corrected chi connectivity index (χ4v) is 2.54. The maximum atomic E-state index is 12.1. The van der Waals surface area contributed by atoms with Gasteiger partial charge in [-0.3, -0.25) is 0 Å². The van der Waals surface area contributed by atoms with Gasteiger partial charge >= 0.3 is 0 Å². The molecular formula is C14H14N4O2S. The van der Waals surface area contributed by atoms with E-state index in [2.05, 4.69) is 26.5 Å². The minimum Gasteiger partial charge on any atom is -0.320 e. The van der Waals surface area contributed by atoms with Crippen LogP contribution in [-0.4, -0.2) is 24.9 Å². The summed E-state index contributed by atoms with van der Waals surface area (Å²) < 4.78 is 26.7. The zero-order valence-electron chi connectivity index (χ0n) is 11.2. The highest BCUT2D eigenvalue weighted by atomic mass is 32.2. The minimum absolute atomic E-state index is 0.111. The van der Waals surface area contributed by atoms with Gasteiger partial charge in [-0.1, -0.05) is 11.8 Å². The normalized spacial score (nSPS) is 10.7. The number of nitrogens with zero attached hydrogens (tertiary/aromatic N) is 2. The molecule has 1 heterocycles. The van der Waals surface area contributed by atoms with Crippen LogP contribution in [0.2, 0.25) is 0 Å². The lowest BCUT2D eigenvalue weighted by molar-refractivity contribution is 0.580. The second-order valence-electron chi connectivity index (χ2n) is 4.06. The van der Waals surface area contributed by atoms with Crippen molar-refractivity contribution in [2.75, 3.05) is 6.54 Å². The highest BCUT2D eigenvalue weighted by Crippen LogP contribution is 2.10. The van der Waals surface area contributed by atoms with Crippen LogP contribution >= 0.6 is 0 Å². The Kier molecular flexibility index (Phi) is 5.00. The van der Waals surface area contributed by atoms with Crippen molar-refractivity contribution < 1.29 is 8.42 Å². The van der Waals surface area contributed by atoms with Gasteiger partial charge in [-0.2, -0.15) is 0 Å². The summed E-state index contributed by atoms with van der Waals surface area (Å²) in [6.07, 6.45) is 2.93. The number of aromatic nitrogens is 2. The molecule has 0 saturated carbocycles. The molecule has 108 valence electrons. The molecule has 1 aromatic carbocycles. The van der Waals surface area contributed by atoms with Crippen LogP contribution in [0.5, 0.6) is 0 Å². The van der Waals surface area contributed by atoms with E-state index in [0.29, 0.717) is 5.69 Å². The van der Waals surface area contributed by atoms with Gasteiger partial charge in [0.05, 0.1) is 23.7 Å². The molecule has 0 spiro atoms. The highest BCUT2D eigenvalue weighted by molar-refractivity contribution is 7.89. The van der Waals surface area contributed by atoms with Crippen molar-refractivity contribution in [2.24, 2.45) is 5.73 Å². The number of hydrogen-bond acceptors (Lipinski definition) is 5. The van der Waals surface area contributed by atoms with E-state index in [4.69, 9.17) is 5.73 Å². The first-order valence-electron chi connectivity index (χ1n) is 6.15. The van der Waals surface area contributed by atoms with Crippen LogP contribution in [-0.2, 0) is 16.6 Å². The molecule has 0 unspecified atom stereocenters. The Bertz CT molecular complexity index is 747. The number of nitrogens with two attached hydrogens (primary N) is 1. The average molecular weight is 302 g/mol. The van der Waals surface area contributed by atoms with Crippen LogP contribution in [0.4, 0.5) is 0 Å². The van der Waals surface area contributed by atoms with Gasteiger partial charge in [-0.25, -0.2) is 23.1 Å². The molecule has 0 radical (unpaired) electrons. The van der Waals surface area contributed by atoms with Crippen molar-refractivity contribution in [3.63, 3.8) is 0 Å². The van der Waals surface area contributed by atoms with Crippen molar-refractivity contribution in [1.29, 1.82) is 0 Å². The molecule has 6 nitrogen and oxygen atoms in total. The van der Waals surface area contributed by atoms with Gasteiger partial charge < -0.3 is 5.73 Å². The Hall–Kier alpha value is -2.27. The fraction of sp³-hybridized carbons (Fsp3) is 0.143. The molecule has 0 saturated heterocycles. The van der Waals surface area contributed by atoms with Gasteiger partial charge in [-0.15, -0.1) is 0 Å². The lowest BCUT2D eigenvalue weighted by Gasteiger charge is -2.06. The van der Waals surface area contributed by atoms with Gasteiger partial charge in [0.15, 0.2) is 0 Å². The van der Waals surface area contributed by atoms with Gasteiger partial charge in [-0.05, 0) is 30.3 Å². The zero-order valence-corrected chi connectivity index (χ0v) is 12.0. The Morgan fingerprint density at radius 1 is 1.19 bits per heavy atom. The van der Waals surface area contributed by atoms with E-state index in [-0.39, 0.29) is 18.0 Å². The zero-order chi connectivity index (χ0) is 15.1. The molecule has 21 heavy (non-hydrogen) atoms. The maximum absolute atomic E-state index is 12.1. The van der Waals surface area contributed by atoms with Crippen LogP contribution in [0.1, 0.15) is 11.3 Å². The summed E-state index contributed by atoms with van der Waals surface area (Å²) in [4.78, 5) is 7.90. The molecule has 0 amide bonds. The summed E-state index contributed by atoms with van der Waals surface area (Å²) in [5.41, 5.74) is 6.59. The van der Waals surface area contributed by atoms with Gasteiger partial charge in [0.25, 0.3) is 0 Å². The number of rotatable bonds is 4. The standard InChI is InChI=1S/C14H14N4O2S/c15-8-1-2-12-3-5-14(6-4-12)21(19,20)18-10-13-7-9-16-11-17-13/h3-7,9,11,18H,8,10,15H2. The lowest BCUT2D eigenvalue weighted by atomic mass is 10.2. The molecule has 3 N–H and O–H groups in total. The van der Waals surface area contributed by atoms with E-state index in [1.54, 1.807) is 24.4 Å². The summed E-state index contributed by atoms with van der Waals surface area (Å²) in [6, 6.07) is 7.93. The van der Waals surface area contributed by atoms with Crippen molar-refractivity contribution in [3.8, 4) is 11.8 Å². The minimum atomic E-state index is -3.58. The number of sulfonamides is 1. The fourth-order valence-electron chi connectivity index (χ4n) is 1.55. The van der Waals surface area contributed by atoms with Gasteiger partial charge in [0, 0.05) is 11.8 Å². The third-order valence-corrected chi connectivity index (χ3v) is 4.00. The molecule has 7 heteroatoms. The predicted octanol–water partition coefficient (Wildman–Crippen LogP) is 0.265. The Morgan fingerprint density at radius 3 is 2.57 bits per heavy atom. The van der Waals surface area contributed by atoms with Crippen LogP contribution in [0, 0.1) is 11.8 Å². The average Bonchev–Trinajstić information content (AvgIpc) is 2.52. The van der Waals surface area contributed by atoms with E-state index in [1.165, 1.54) is 18.5 Å². The quantitative estimate of drug-likeness (QED) is 0.790. The van der Waals surface area contributed by atoms with E-state index < -0.39 is 10.0 Å². The van der Waals surface area contributed by atoms with Crippen LogP contribution < -0.4 is 10.5 Å². The first-order valence-corrected chi connectivity index (χ1v) is 7.64. The Morgan fingerprint density at radius 2 is 1.95 bits per heavy atom. The van der Waals surface area contributed by atoms with Crippen molar-refractivity contribution in [3.05, 3.63) is 54.1 Å². The highest BCUT2D eigenvalue weighted by Gasteiger charge is 2.13. The second kappa shape index (κ2) is 6.95. The molecule has 0 bridgehead atoms. The summed E-state index contributed by atoms with van der Waals surface area (Å²) >= 11 is 0. The van der Waals surface area contributed by atoms with Gasteiger partial charge in [0.1, 0.15) is 6.33 Å². The van der Waals surface area contributed by atoms with Crippen LogP contribution in [0.3, 0.4) is 0 Å². The molecule has 0 fully saturated rings. The van der Waals surface area contributed by atoms with E-state index in [0.717, 1.165) is 5.56 Å². The summed E-state index contributed by atoms with van der Waals surface area (Å²) in [7, 11) is -3.58. The predicted molar refractivity (Wildman–Crippen MR) is 78.4 cm³/mol. The van der Waals surface area contributed by atoms with E-state index >= 15 is 0 Å². The van der Waals surface area contributed by atoms with Crippen LogP contribution in [0.15, 0.2) is 47.8 Å². The first kappa shape index (κ1) is 15.1. The second-order valence-corrected chi connectivity index (χ2v) is 5.82. The molecule has 0 aliphatic carbocycles. The summed E-state index contributed by atoms with van der Waals surface area (Å²) in [5.74, 6) is 5.54. The molecular weight excluding hydrogens is 288 g/mol. The number of nitrogens with one attached hydrogen (secondary N) is 1.